The van der Waals surface area contributed by atoms with Crippen LogP contribution >= 0.6 is 34.5 Å². The van der Waals surface area contributed by atoms with Crippen molar-refractivity contribution in [3.63, 3.8) is 0 Å². The van der Waals surface area contributed by atoms with E-state index in [9.17, 15) is 4.79 Å². The Balaban J connectivity index is 1.36. The van der Waals surface area contributed by atoms with Crippen molar-refractivity contribution in [1.29, 1.82) is 0 Å². The average Bonchev–Trinajstić information content (AvgIpc) is 3.19. The maximum absolute atomic E-state index is 12.4. The van der Waals surface area contributed by atoms with Crippen molar-refractivity contribution in [1.82, 2.24) is 14.9 Å². The quantitative estimate of drug-likeness (QED) is 0.478. The number of benzene rings is 1. The number of amides is 2. The number of hydrogen-bond acceptors (Lipinski definition) is 5. The zero-order chi connectivity index (χ0) is 20.9. The predicted molar refractivity (Wildman–Crippen MR) is 124 cm³/mol. The number of aromatic nitrogens is 2. The molecule has 2 amide bonds. The Morgan fingerprint density at radius 1 is 1.00 bits per heavy atom. The largest absolute Gasteiger partial charge is 0.326 e. The number of anilines is 2. The van der Waals surface area contributed by atoms with Gasteiger partial charge in [-0.1, -0.05) is 41.8 Å². The minimum Gasteiger partial charge on any atom is -0.298 e. The van der Waals surface area contributed by atoms with E-state index < -0.39 is 0 Å². The molecule has 9 heteroatoms. The number of likely N-dealkylation sites (tertiary alicyclic amines) is 1. The summed E-state index contributed by atoms with van der Waals surface area (Å²) in [6.07, 6.45) is 3.77. The molecule has 1 fully saturated rings. The van der Waals surface area contributed by atoms with E-state index in [0.29, 0.717) is 21.7 Å². The van der Waals surface area contributed by atoms with Crippen LogP contribution < -0.4 is 10.6 Å². The summed E-state index contributed by atoms with van der Waals surface area (Å²) in [5.74, 6) is 0.977. The molecule has 2 N–H and O–H groups in total. The molecule has 0 bridgehead atoms. The van der Waals surface area contributed by atoms with Gasteiger partial charge in [0.2, 0.25) is 0 Å². The first-order valence-corrected chi connectivity index (χ1v) is 11.4. The molecule has 4 rings (SSSR count). The molecule has 1 saturated heterocycles. The number of urea groups is 1. The number of thiazole rings is 1. The van der Waals surface area contributed by atoms with Crippen molar-refractivity contribution in [3.05, 3.63) is 57.5 Å². The SMILES string of the molecule is O=C(Nc1cccc(CN2CCCCC2)n1)Nc1csc(-c2ccc(Cl)c(Cl)c2)n1. The van der Waals surface area contributed by atoms with E-state index in [-0.39, 0.29) is 6.03 Å². The summed E-state index contributed by atoms with van der Waals surface area (Å²) in [7, 11) is 0. The van der Waals surface area contributed by atoms with Gasteiger partial charge in [0.1, 0.15) is 16.6 Å². The first-order valence-electron chi connectivity index (χ1n) is 9.74. The van der Waals surface area contributed by atoms with Crippen LogP contribution in [0.4, 0.5) is 16.4 Å². The second-order valence-corrected chi connectivity index (χ2v) is 8.77. The maximum atomic E-state index is 12.4. The molecule has 0 saturated carbocycles. The molecule has 3 aromatic rings. The lowest BCUT2D eigenvalue weighted by Gasteiger charge is -2.26. The first kappa shape index (κ1) is 21.1. The van der Waals surface area contributed by atoms with Crippen molar-refractivity contribution in [2.24, 2.45) is 0 Å². The standard InChI is InChI=1S/C21H21Cl2N5OS/c22-16-8-7-14(11-17(16)23)20-25-19(13-30-20)27-21(29)26-18-6-4-5-15(24-18)12-28-9-2-1-3-10-28/h4-8,11,13H,1-3,9-10,12H2,(H2,24,26,27,29). The van der Waals surface area contributed by atoms with Crippen molar-refractivity contribution >= 4 is 52.2 Å². The number of piperidine rings is 1. The van der Waals surface area contributed by atoms with E-state index in [0.717, 1.165) is 35.9 Å². The Hall–Kier alpha value is -2.19. The summed E-state index contributed by atoms with van der Waals surface area (Å²) in [5.41, 5.74) is 1.79. The highest BCUT2D eigenvalue weighted by atomic mass is 35.5. The van der Waals surface area contributed by atoms with Crippen LogP contribution in [0.1, 0.15) is 25.0 Å². The van der Waals surface area contributed by atoms with E-state index in [1.54, 1.807) is 23.6 Å². The van der Waals surface area contributed by atoms with E-state index in [1.807, 2.05) is 18.2 Å². The van der Waals surface area contributed by atoms with Gasteiger partial charge in [-0.25, -0.2) is 14.8 Å². The second kappa shape index (κ2) is 9.75. The lowest BCUT2D eigenvalue weighted by molar-refractivity contribution is 0.218. The molecule has 0 radical (unpaired) electrons. The van der Waals surface area contributed by atoms with E-state index in [4.69, 9.17) is 23.2 Å². The highest BCUT2D eigenvalue weighted by Gasteiger charge is 2.13. The van der Waals surface area contributed by atoms with Crippen LogP contribution in [0.3, 0.4) is 0 Å². The van der Waals surface area contributed by atoms with Crippen LogP contribution in [0.25, 0.3) is 10.6 Å². The second-order valence-electron chi connectivity index (χ2n) is 7.10. The smallest absolute Gasteiger partial charge is 0.298 e. The highest BCUT2D eigenvalue weighted by molar-refractivity contribution is 7.13. The lowest BCUT2D eigenvalue weighted by atomic mass is 10.1. The molecular formula is C21H21Cl2N5OS. The molecule has 1 aliphatic heterocycles. The highest BCUT2D eigenvalue weighted by Crippen LogP contribution is 2.31. The van der Waals surface area contributed by atoms with E-state index in [1.165, 1.54) is 30.6 Å². The van der Waals surface area contributed by atoms with Crippen molar-refractivity contribution in [2.45, 2.75) is 25.8 Å². The summed E-state index contributed by atoms with van der Waals surface area (Å²) < 4.78 is 0. The number of carbonyl (C=O) groups excluding carboxylic acids is 1. The number of halogens is 2. The number of pyridine rings is 1. The minimum absolute atomic E-state index is 0.386. The zero-order valence-corrected chi connectivity index (χ0v) is 18.5. The summed E-state index contributed by atoms with van der Waals surface area (Å²) in [5, 5.41) is 9.00. The molecule has 1 aliphatic rings. The van der Waals surface area contributed by atoms with Crippen LogP contribution in [0.15, 0.2) is 41.8 Å². The van der Waals surface area contributed by atoms with Gasteiger partial charge in [-0.3, -0.25) is 15.5 Å². The van der Waals surface area contributed by atoms with E-state index in [2.05, 4.69) is 25.5 Å². The van der Waals surface area contributed by atoms with E-state index >= 15 is 0 Å². The fraction of sp³-hybridized carbons (Fsp3) is 0.286. The molecule has 30 heavy (non-hydrogen) atoms. The molecule has 0 spiro atoms. The maximum Gasteiger partial charge on any atom is 0.326 e. The Morgan fingerprint density at radius 3 is 2.60 bits per heavy atom. The van der Waals surface area contributed by atoms with Gasteiger partial charge >= 0.3 is 6.03 Å². The molecular weight excluding hydrogens is 441 g/mol. The Kier molecular flexibility index (Phi) is 6.84. The van der Waals surface area contributed by atoms with Gasteiger partial charge in [0.05, 0.1) is 15.7 Å². The monoisotopic (exact) mass is 461 g/mol. The van der Waals surface area contributed by atoms with Crippen LogP contribution in [0.5, 0.6) is 0 Å². The normalized spacial score (nSPS) is 14.5. The molecule has 6 nitrogen and oxygen atoms in total. The average molecular weight is 462 g/mol. The van der Waals surface area contributed by atoms with Gasteiger partial charge in [-0.15, -0.1) is 11.3 Å². The third-order valence-corrected chi connectivity index (χ3v) is 6.43. The third kappa shape index (κ3) is 5.49. The molecule has 156 valence electrons. The molecule has 2 aromatic heterocycles. The topological polar surface area (TPSA) is 70.2 Å². The number of hydrogen-bond donors (Lipinski definition) is 2. The van der Waals surface area contributed by atoms with Gasteiger partial charge in [0.25, 0.3) is 0 Å². The lowest BCUT2D eigenvalue weighted by Crippen LogP contribution is -2.29. The summed E-state index contributed by atoms with van der Waals surface area (Å²) in [6.45, 7) is 3.01. The molecule has 0 atom stereocenters. The van der Waals surface area contributed by atoms with Crippen LogP contribution in [0, 0.1) is 0 Å². The molecule has 0 unspecified atom stereocenters. The van der Waals surface area contributed by atoms with Crippen LogP contribution in [0.2, 0.25) is 10.0 Å². The number of rotatable bonds is 5. The Bertz CT molecular complexity index is 1040. The molecule has 1 aromatic carbocycles. The van der Waals surface area contributed by atoms with Gasteiger partial charge in [0.15, 0.2) is 0 Å². The zero-order valence-electron chi connectivity index (χ0n) is 16.2. The van der Waals surface area contributed by atoms with Crippen molar-refractivity contribution in [2.75, 3.05) is 23.7 Å². The van der Waals surface area contributed by atoms with Gasteiger partial charge in [-0.2, -0.15) is 0 Å². The van der Waals surface area contributed by atoms with Crippen molar-refractivity contribution < 1.29 is 4.79 Å². The number of nitrogens with zero attached hydrogens (tertiary/aromatic N) is 3. The summed E-state index contributed by atoms with van der Waals surface area (Å²) in [6, 6.07) is 10.6. The Morgan fingerprint density at radius 2 is 1.80 bits per heavy atom. The third-order valence-electron chi connectivity index (χ3n) is 4.79. The van der Waals surface area contributed by atoms with Crippen LogP contribution in [-0.4, -0.2) is 34.0 Å². The minimum atomic E-state index is -0.386. The van der Waals surface area contributed by atoms with Gasteiger partial charge < -0.3 is 0 Å². The number of nitrogens with one attached hydrogen (secondary N) is 2. The van der Waals surface area contributed by atoms with Gasteiger partial charge in [0, 0.05) is 17.5 Å². The number of carbonyl (C=O) groups is 1. The van der Waals surface area contributed by atoms with Crippen molar-refractivity contribution in [3.8, 4) is 10.6 Å². The first-order chi connectivity index (χ1) is 14.6. The predicted octanol–water partition coefficient (Wildman–Crippen LogP) is 6.14. The fourth-order valence-electron chi connectivity index (χ4n) is 3.34. The van der Waals surface area contributed by atoms with Gasteiger partial charge in [-0.05, 0) is 50.2 Å². The summed E-state index contributed by atoms with van der Waals surface area (Å²) >= 11 is 13.4. The van der Waals surface area contributed by atoms with Crippen LogP contribution in [-0.2, 0) is 6.54 Å². The summed E-state index contributed by atoms with van der Waals surface area (Å²) in [4.78, 5) is 23.8. The Labute approximate surface area is 189 Å². The molecule has 0 aliphatic carbocycles. The fourth-order valence-corrected chi connectivity index (χ4v) is 4.39. The molecule has 3 heterocycles.